The van der Waals surface area contributed by atoms with Crippen LogP contribution in [0.4, 0.5) is 4.39 Å². The standard InChI is InChI=1S/C15H20FNO3S/c1-14(2,13(19)20)15(3,4)17-12(18)9-21-11-7-5-10(16)6-8-11/h5-8H,9H2,1-4H3,(H,17,18)(H,19,20). The molecule has 0 spiro atoms. The summed E-state index contributed by atoms with van der Waals surface area (Å²) in [6.07, 6.45) is 0. The van der Waals surface area contributed by atoms with E-state index in [9.17, 15) is 19.1 Å². The van der Waals surface area contributed by atoms with Gasteiger partial charge in [-0.3, -0.25) is 9.59 Å². The quantitative estimate of drug-likeness (QED) is 0.793. The van der Waals surface area contributed by atoms with Crippen LogP contribution < -0.4 is 5.32 Å². The average molecular weight is 313 g/mol. The maximum atomic E-state index is 12.8. The second-order valence-corrected chi connectivity index (χ2v) is 6.89. The third-order valence-corrected chi connectivity index (χ3v) is 4.74. The molecule has 0 heterocycles. The molecule has 6 heteroatoms. The number of aliphatic carboxylic acids is 1. The lowest BCUT2D eigenvalue weighted by Crippen LogP contribution is -2.57. The van der Waals surface area contributed by atoms with Crippen molar-refractivity contribution < 1.29 is 19.1 Å². The summed E-state index contributed by atoms with van der Waals surface area (Å²) in [6.45, 7) is 6.51. The number of carboxylic acid groups (broad SMARTS) is 1. The first-order valence-corrected chi connectivity index (χ1v) is 7.47. The molecule has 0 fully saturated rings. The Balaban J connectivity index is 2.61. The summed E-state index contributed by atoms with van der Waals surface area (Å²) in [5.74, 6) is -1.42. The van der Waals surface area contributed by atoms with Crippen molar-refractivity contribution in [3.63, 3.8) is 0 Å². The Morgan fingerprint density at radius 2 is 1.71 bits per heavy atom. The highest BCUT2D eigenvalue weighted by atomic mass is 32.2. The molecule has 2 N–H and O–H groups in total. The first-order valence-electron chi connectivity index (χ1n) is 6.49. The Morgan fingerprint density at radius 1 is 1.19 bits per heavy atom. The molecule has 0 radical (unpaired) electrons. The molecule has 0 saturated heterocycles. The molecule has 1 rings (SSSR count). The van der Waals surface area contributed by atoms with Crippen LogP contribution in [0.15, 0.2) is 29.2 Å². The van der Waals surface area contributed by atoms with Crippen molar-refractivity contribution in [1.29, 1.82) is 0 Å². The second kappa shape index (κ2) is 6.47. The number of carbonyl (C=O) groups excluding carboxylic acids is 1. The van der Waals surface area contributed by atoms with E-state index < -0.39 is 16.9 Å². The van der Waals surface area contributed by atoms with Crippen molar-refractivity contribution in [2.24, 2.45) is 5.41 Å². The number of rotatable bonds is 6. The van der Waals surface area contributed by atoms with Crippen molar-refractivity contribution in [1.82, 2.24) is 5.32 Å². The molecule has 0 aliphatic carbocycles. The van der Waals surface area contributed by atoms with E-state index in [0.29, 0.717) is 0 Å². The Kier molecular flexibility index (Phi) is 5.39. The minimum Gasteiger partial charge on any atom is -0.481 e. The zero-order chi connectivity index (χ0) is 16.3. The molecule has 0 saturated carbocycles. The maximum absolute atomic E-state index is 12.8. The molecule has 0 bridgehead atoms. The fraction of sp³-hybridized carbons (Fsp3) is 0.467. The van der Waals surface area contributed by atoms with Crippen molar-refractivity contribution in [2.75, 3.05) is 5.75 Å². The predicted molar refractivity (Wildman–Crippen MR) is 80.8 cm³/mol. The van der Waals surface area contributed by atoms with Gasteiger partial charge in [-0.1, -0.05) is 0 Å². The van der Waals surface area contributed by atoms with Crippen LogP contribution >= 0.6 is 11.8 Å². The molecule has 0 aliphatic rings. The van der Waals surface area contributed by atoms with Crippen LogP contribution in [0.25, 0.3) is 0 Å². The molecule has 4 nitrogen and oxygen atoms in total. The van der Waals surface area contributed by atoms with Crippen molar-refractivity contribution in [3.8, 4) is 0 Å². The highest BCUT2D eigenvalue weighted by Gasteiger charge is 2.44. The number of halogens is 1. The summed E-state index contributed by atoms with van der Waals surface area (Å²) in [5, 5.41) is 12.0. The van der Waals surface area contributed by atoms with Gasteiger partial charge in [-0.2, -0.15) is 0 Å². The summed E-state index contributed by atoms with van der Waals surface area (Å²) in [4.78, 5) is 24.0. The van der Waals surface area contributed by atoms with Gasteiger partial charge < -0.3 is 10.4 Å². The van der Waals surface area contributed by atoms with Gasteiger partial charge in [-0.15, -0.1) is 11.8 Å². The zero-order valence-corrected chi connectivity index (χ0v) is 13.4. The molecule has 21 heavy (non-hydrogen) atoms. The van der Waals surface area contributed by atoms with E-state index in [2.05, 4.69) is 5.32 Å². The lowest BCUT2D eigenvalue weighted by atomic mass is 9.74. The molecule has 0 aliphatic heterocycles. The Hall–Kier alpha value is -1.56. The van der Waals surface area contributed by atoms with E-state index in [1.165, 1.54) is 23.9 Å². The van der Waals surface area contributed by atoms with E-state index in [4.69, 9.17) is 0 Å². The molecular weight excluding hydrogens is 293 g/mol. The normalized spacial score (nSPS) is 12.0. The van der Waals surface area contributed by atoms with Gasteiger partial charge >= 0.3 is 5.97 Å². The molecule has 1 aromatic rings. The fourth-order valence-corrected chi connectivity index (χ4v) is 2.19. The highest BCUT2D eigenvalue weighted by molar-refractivity contribution is 8.00. The maximum Gasteiger partial charge on any atom is 0.311 e. The molecule has 0 aromatic heterocycles. The number of hydrogen-bond acceptors (Lipinski definition) is 3. The van der Waals surface area contributed by atoms with Crippen LogP contribution in [0, 0.1) is 11.2 Å². The first kappa shape index (κ1) is 17.5. The van der Waals surface area contributed by atoms with Gasteiger partial charge in [0.05, 0.1) is 11.2 Å². The average Bonchev–Trinajstić information content (AvgIpc) is 2.37. The molecule has 116 valence electrons. The number of hydrogen-bond donors (Lipinski definition) is 2. The molecular formula is C15H20FNO3S. The number of carboxylic acids is 1. The van der Waals surface area contributed by atoms with Crippen molar-refractivity contribution in [3.05, 3.63) is 30.1 Å². The SMILES string of the molecule is CC(C)(NC(=O)CSc1ccc(F)cc1)C(C)(C)C(=O)O. The zero-order valence-electron chi connectivity index (χ0n) is 12.6. The molecule has 0 atom stereocenters. The van der Waals surface area contributed by atoms with Gasteiger partial charge in [0, 0.05) is 10.4 Å². The van der Waals surface area contributed by atoms with Crippen LogP contribution in [-0.2, 0) is 9.59 Å². The minimum atomic E-state index is -1.09. The van der Waals surface area contributed by atoms with Gasteiger partial charge in [-0.05, 0) is 52.0 Å². The topological polar surface area (TPSA) is 66.4 Å². The summed E-state index contributed by atoms with van der Waals surface area (Å²) >= 11 is 1.27. The first-order chi connectivity index (χ1) is 9.56. The van der Waals surface area contributed by atoms with Crippen LogP contribution in [0.2, 0.25) is 0 Å². The van der Waals surface area contributed by atoms with E-state index in [1.54, 1.807) is 39.8 Å². The third-order valence-electron chi connectivity index (χ3n) is 3.73. The van der Waals surface area contributed by atoms with Gasteiger partial charge in [0.25, 0.3) is 0 Å². The number of carbonyl (C=O) groups is 2. The lowest BCUT2D eigenvalue weighted by Gasteiger charge is -2.38. The van der Waals surface area contributed by atoms with E-state index in [1.807, 2.05) is 0 Å². The van der Waals surface area contributed by atoms with Crippen molar-refractivity contribution in [2.45, 2.75) is 38.1 Å². The van der Waals surface area contributed by atoms with Crippen LogP contribution in [0.5, 0.6) is 0 Å². The summed E-state index contributed by atoms with van der Waals surface area (Å²) < 4.78 is 12.8. The Morgan fingerprint density at radius 3 is 2.19 bits per heavy atom. The lowest BCUT2D eigenvalue weighted by molar-refractivity contribution is -0.151. The van der Waals surface area contributed by atoms with Crippen LogP contribution in [0.3, 0.4) is 0 Å². The summed E-state index contributed by atoms with van der Waals surface area (Å²) in [5.41, 5.74) is -1.98. The Labute approximate surface area is 128 Å². The smallest absolute Gasteiger partial charge is 0.311 e. The van der Waals surface area contributed by atoms with E-state index in [-0.39, 0.29) is 17.5 Å². The third kappa shape index (κ3) is 4.46. The second-order valence-electron chi connectivity index (χ2n) is 5.85. The molecule has 1 amide bonds. The molecule has 1 aromatic carbocycles. The van der Waals surface area contributed by atoms with Crippen LogP contribution in [0.1, 0.15) is 27.7 Å². The highest BCUT2D eigenvalue weighted by Crippen LogP contribution is 2.31. The number of benzene rings is 1. The van der Waals surface area contributed by atoms with E-state index in [0.717, 1.165) is 4.90 Å². The number of amides is 1. The van der Waals surface area contributed by atoms with Crippen molar-refractivity contribution >= 4 is 23.6 Å². The monoisotopic (exact) mass is 313 g/mol. The van der Waals surface area contributed by atoms with Gasteiger partial charge in [-0.25, -0.2) is 4.39 Å². The Bertz CT molecular complexity index is 526. The minimum absolute atomic E-state index is 0.144. The predicted octanol–water partition coefficient (Wildman–Crippen LogP) is 2.92. The van der Waals surface area contributed by atoms with Gasteiger partial charge in [0.2, 0.25) is 5.91 Å². The van der Waals surface area contributed by atoms with Gasteiger partial charge in [0.15, 0.2) is 0 Å². The van der Waals surface area contributed by atoms with Gasteiger partial charge in [0.1, 0.15) is 5.82 Å². The fourth-order valence-electron chi connectivity index (χ4n) is 1.49. The van der Waals surface area contributed by atoms with E-state index >= 15 is 0 Å². The summed E-state index contributed by atoms with van der Waals surface area (Å²) in [6, 6.07) is 5.86. The van der Waals surface area contributed by atoms with Crippen LogP contribution in [-0.4, -0.2) is 28.3 Å². The largest absolute Gasteiger partial charge is 0.481 e. The molecule has 0 unspecified atom stereocenters. The summed E-state index contributed by atoms with van der Waals surface area (Å²) in [7, 11) is 0. The number of thioether (sulfide) groups is 1. The number of nitrogens with one attached hydrogen (secondary N) is 1.